The normalized spacial score (nSPS) is 10.0. The summed E-state index contributed by atoms with van der Waals surface area (Å²) in [4.78, 5) is 4.03. The molecular weight excluding hydrogens is 214 g/mol. The quantitative estimate of drug-likeness (QED) is 0.849. The minimum Gasteiger partial charge on any atom is -0.497 e. The van der Waals surface area contributed by atoms with E-state index in [1.807, 2.05) is 31.2 Å². The monoisotopic (exact) mass is 229 g/mol. The van der Waals surface area contributed by atoms with Gasteiger partial charge in [0.25, 0.3) is 0 Å². The average Bonchev–Trinajstić information content (AvgIpc) is 2.34. The van der Waals surface area contributed by atoms with Crippen LogP contribution < -0.4 is 15.8 Å². The Morgan fingerprint density at radius 1 is 1.24 bits per heavy atom. The van der Waals surface area contributed by atoms with Crippen LogP contribution in [0.2, 0.25) is 0 Å². The molecule has 0 amide bonds. The summed E-state index contributed by atoms with van der Waals surface area (Å²) in [5.41, 5.74) is 8.58. The fourth-order valence-electron chi connectivity index (χ4n) is 1.54. The van der Waals surface area contributed by atoms with Crippen molar-refractivity contribution >= 4 is 17.2 Å². The number of aryl methyl sites for hydroxylation is 1. The third kappa shape index (κ3) is 2.66. The van der Waals surface area contributed by atoms with Crippen molar-refractivity contribution in [1.29, 1.82) is 0 Å². The highest BCUT2D eigenvalue weighted by Crippen LogP contribution is 2.24. The summed E-state index contributed by atoms with van der Waals surface area (Å²) in [6.45, 7) is 2.02. The number of hydrogen-bond donors (Lipinski definition) is 2. The van der Waals surface area contributed by atoms with Gasteiger partial charge in [0, 0.05) is 5.69 Å². The zero-order valence-corrected chi connectivity index (χ0v) is 9.90. The fourth-order valence-corrected chi connectivity index (χ4v) is 1.54. The van der Waals surface area contributed by atoms with Crippen LogP contribution in [0.15, 0.2) is 36.5 Å². The van der Waals surface area contributed by atoms with E-state index in [4.69, 9.17) is 10.5 Å². The van der Waals surface area contributed by atoms with E-state index < -0.39 is 0 Å². The van der Waals surface area contributed by atoms with Gasteiger partial charge in [-0.2, -0.15) is 0 Å². The Kier molecular flexibility index (Phi) is 3.14. The molecule has 0 radical (unpaired) electrons. The lowest BCUT2D eigenvalue weighted by Gasteiger charge is -2.10. The number of anilines is 3. The van der Waals surface area contributed by atoms with Gasteiger partial charge in [-0.1, -0.05) is 0 Å². The lowest BCUT2D eigenvalue weighted by atomic mass is 10.2. The van der Waals surface area contributed by atoms with Crippen LogP contribution in [0.25, 0.3) is 0 Å². The van der Waals surface area contributed by atoms with E-state index in [2.05, 4.69) is 10.3 Å². The Morgan fingerprint density at radius 2 is 2.06 bits per heavy atom. The molecule has 0 aliphatic heterocycles. The Hall–Kier alpha value is -2.23. The van der Waals surface area contributed by atoms with Crippen molar-refractivity contribution in [1.82, 2.24) is 4.98 Å². The van der Waals surface area contributed by atoms with Crippen molar-refractivity contribution < 1.29 is 4.74 Å². The van der Waals surface area contributed by atoms with Gasteiger partial charge in [0.1, 0.15) is 11.6 Å². The number of ether oxygens (including phenoxy) is 1. The fraction of sp³-hybridized carbons (Fsp3) is 0.154. The molecule has 17 heavy (non-hydrogen) atoms. The Balaban J connectivity index is 2.21. The first kappa shape index (κ1) is 11.3. The smallest absolute Gasteiger partial charge is 0.123 e. The third-order valence-corrected chi connectivity index (χ3v) is 2.50. The van der Waals surface area contributed by atoms with E-state index in [9.17, 15) is 0 Å². The highest BCUT2D eigenvalue weighted by atomic mass is 16.5. The molecule has 1 heterocycles. The summed E-state index contributed by atoms with van der Waals surface area (Å²) in [5, 5.41) is 3.28. The van der Waals surface area contributed by atoms with Crippen LogP contribution in [-0.4, -0.2) is 12.1 Å². The van der Waals surface area contributed by atoms with Gasteiger partial charge < -0.3 is 15.8 Å². The van der Waals surface area contributed by atoms with Gasteiger partial charge in [0.05, 0.1) is 19.0 Å². The molecule has 4 nitrogen and oxygen atoms in total. The average molecular weight is 229 g/mol. The number of benzene rings is 1. The molecule has 0 saturated heterocycles. The summed E-state index contributed by atoms with van der Waals surface area (Å²) in [6.07, 6.45) is 1.71. The molecule has 0 saturated carbocycles. The first-order valence-electron chi connectivity index (χ1n) is 5.32. The zero-order valence-electron chi connectivity index (χ0n) is 9.90. The summed E-state index contributed by atoms with van der Waals surface area (Å²) >= 11 is 0. The highest BCUT2D eigenvalue weighted by molar-refractivity contribution is 5.64. The molecule has 4 heteroatoms. The molecule has 0 fully saturated rings. The SMILES string of the molecule is COc1ccc(Nc2ccc(N)nc2)c(C)c1. The third-order valence-electron chi connectivity index (χ3n) is 2.50. The number of pyridine rings is 1. The van der Waals surface area contributed by atoms with Gasteiger partial charge in [-0.05, 0) is 42.8 Å². The van der Waals surface area contributed by atoms with Gasteiger partial charge in [0.2, 0.25) is 0 Å². The number of nitrogens with zero attached hydrogens (tertiary/aromatic N) is 1. The van der Waals surface area contributed by atoms with Crippen LogP contribution in [0.3, 0.4) is 0 Å². The second-order valence-electron chi connectivity index (χ2n) is 3.78. The van der Waals surface area contributed by atoms with Gasteiger partial charge in [-0.15, -0.1) is 0 Å². The molecule has 0 bridgehead atoms. The van der Waals surface area contributed by atoms with Crippen molar-refractivity contribution in [2.45, 2.75) is 6.92 Å². The molecule has 1 aromatic heterocycles. The van der Waals surface area contributed by atoms with Crippen LogP contribution in [-0.2, 0) is 0 Å². The van der Waals surface area contributed by atoms with Crippen LogP contribution in [0.1, 0.15) is 5.56 Å². The summed E-state index contributed by atoms with van der Waals surface area (Å²) in [5.74, 6) is 1.37. The topological polar surface area (TPSA) is 60.2 Å². The number of nitrogens with one attached hydrogen (secondary N) is 1. The number of rotatable bonds is 3. The largest absolute Gasteiger partial charge is 0.497 e. The maximum atomic E-state index is 5.53. The van der Waals surface area contributed by atoms with Crippen molar-refractivity contribution in [2.24, 2.45) is 0 Å². The standard InChI is InChI=1S/C13H15N3O/c1-9-7-11(17-2)4-5-12(9)16-10-3-6-13(14)15-8-10/h3-8,16H,1-2H3,(H2,14,15). The van der Waals surface area contributed by atoms with E-state index in [1.165, 1.54) is 0 Å². The summed E-state index contributed by atoms with van der Waals surface area (Å²) in [7, 11) is 1.66. The van der Waals surface area contributed by atoms with Crippen molar-refractivity contribution in [2.75, 3.05) is 18.2 Å². The molecule has 88 valence electrons. The molecule has 0 spiro atoms. The zero-order chi connectivity index (χ0) is 12.3. The minimum atomic E-state index is 0.516. The van der Waals surface area contributed by atoms with E-state index in [-0.39, 0.29) is 0 Å². The van der Waals surface area contributed by atoms with E-state index in [0.717, 1.165) is 22.7 Å². The summed E-state index contributed by atoms with van der Waals surface area (Å²) in [6, 6.07) is 9.53. The van der Waals surface area contributed by atoms with Crippen molar-refractivity contribution in [3.05, 3.63) is 42.1 Å². The van der Waals surface area contributed by atoms with Gasteiger partial charge >= 0.3 is 0 Å². The second-order valence-corrected chi connectivity index (χ2v) is 3.78. The number of nitrogens with two attached hydrogens (primary N) is 1. The van der Waals surface area contributed by atoms with Crippen LogP contribution in [0.4, 0.5) is 17.2 Å². The van der Waals surface area contributed by atoms with Gasteiger partial charge in [-0.3, -0.25) is 0 Å². The minimum absolute atomic E-state index is 0.516. The Bertz CT molecular complexity index is 509. The van der Waals surface area contributed by atoms with E-state index >= 15 is 0 Å². The molecule has 0 aliphatic carbocycles. The molecule has 0 unspecified atom stereocenters. The first-order chi connectivity index (χ1) is 8.19. The first-order valence-corrected chi connectivity index (χ1v) is 5.32. The number of aromatic nitrogens is 1. The predicted octanol–water partition coefficient (Wildman–Crippen LogP) is 2.72. The van der Waals surface area contributed by atoms with Crippen molar-refractivity contribution in [3.63, 3.8) is 0 Å². The van der Waals surface area contributed by atoms with Crippen LogP contribution in [0.5, 0.6) is 5.75 Å². The Morgan fingerprint density at radius 3 is 2.65 bits per heavy atom. The van der Waals surface area contributed by atoms with Crippen LogP contribution in [0, 0.1) is 6.92 Å². The second kappa shape index (κ2) is 4.74. The maximum Gasteiger partial charge on any atom is 0.123 e. The van der Waals surface area contributed by atoms with Crippen molar-refractivity contribution in [3.8, 4) is 5.75 Å². The molecule has 3 N–H and O–H groups in total. The van der Waals surface area contributed by atoms with Gasteiger partial charge in [-0.25, -0.2) is 4.98 Å². The number of hydrogen-bond acceptors (Lipinski definition) is 4. The predicted molar refractivity (Wildman–Crippen MR) is 69.7 cm³/mol. The molecule has 0 aliphatic rings. The molecule has 2 aromatic rings. The lowest BCUT2D eigenvalue weighted by Crippen LogP contribution is -1.96. The summed E-state index contributed by atoms with van der Waals surface area (Å²) < 4.78 is 5.16. The molecular formula is C13H15N3O. The van der Waals surface area contributed by atoms with E-state index in [0.29, 0.717) is 5.82 Å². The van der Waals surface area contributed by atoms with E-state index in [1.54, 1.807) is 19.4 Å². The molecule has 1 aromatic carbocycles. The number of nitrogen functional groups attached to an aromatic ring is 1. The maximum absolute atomic E-state index is 5.53. The van der Waals surface area contributed by atoms with Gasteiger partial charge in [0.15, 0.2) is 0 Å². The lowest BCUT2D eigenvalue weighted by molar-refractivity contribution is 0.414. The molecule has 2 rings (SSSR count). The number of methoxy groups -OCH3 is 1. The Labute approximate surface area is 100 Å². The highest BCUT2D eigenvalue weighted by Gasteiger charge is 2.01. The molecule has 0 atom stereocenters. The van der Waals surface area contributed by atoms with Crippen LogP contribution >= 0.6 is 0 Å².